The van der Waals surface area contributed by atoms with Crippen molar-refractivity contribution in [3.05, 3.63) is 34.4 Å². The van der Waals surface area contributed by atoms with Crippen molar-refractivity contribution in [3.8, 4) is 0 Å². The molecule has 0 atom stereocenters. The minimum atomic E-state index is 0.0371. The van der Waals surface area contributed by atoms with Gasteiger partial charge in [0.2, 0.25) is 0 Å². The third-order valence-electron chi connectivity index (χ3n) is 3.01. The molecule has 3 heteroatoms. The monoisotopic (exact) mass is 279 g/mol. The summed E-state index contributed by atoms with van der Waals surface area (Å²) in [5.74, 6) is 0.981. The average Bonchev–Trinajstić information content (AvgIpc) is 2.28. The van der Waals surface area contributed by atoms with Gasteiger partial charge in [0.25, 0.3) is 5.91 Å². The Morgan fingerprint density at radius 2 is 1.68 bits per heavy atom. The molecule has 0 fully saturated rings. The second-order valence-electron chi connectivity index (χ2n) is 5.97. The Labute approximate surface area is 121 Å². The van der Waals surface area contributed by atoms with Crippen LogP contribution in [0.25, 0.3) is 0 Å². The van der Waals surface area contributed by atoms with Crippen LogP contribution in [0.2, 0.25) is 0 Å². The van der Waals surface area contributed by atoms with Crippen molar-refractivity contribution in [3.63, 3.8) is 0 Å². The van der Waals surface area contributed by atoms with Crippen LogP contribution in [0.3, 0.4) is 0 Å². The van der Waals surface area contributed by atoms with E-state index in [1.54, 1.807) is 0 Å². The van der Waals surface area contributed by atoms with E-state index in [4.69, 9.17) is 0 Å². The largest absolute Gasteiger partial charge is 0.351 e. The maximum Gasteiger partial charge on any atom is 0.251 e. The van der Waals surface area contributed by atoms with E-state index in [0.29, 0.717) is 6.54 Å². The minimum absolute atomic E-state index is 0.0371. The van der Waals surface area contributed by atoms with Gasteiger partial charge in [-0.2, -0.15) is 11.8 Å². The summed E-state index contributed by atoms with van der Waals surface area (Å²) in [6.45, 7) is 13.4. The molecule has 0 aliphatic rings. The Bertz CT molecular complexity index is 461. The van der Waals surface area contributed by atoms with E-state index in [0.717, 1.165) is 16.9 Å². The molecule has 0 saturated heterocycles. The molecule has 0 unspecified atom stereocenters. The number of benzene rings is 1. The normalized spacial score (nSPS) is 11.5. The van der Waals surface area contributed by atoms with E-state index in [1.165, 1.54) is 11.1 Å². The topological polar surface area (TPSA) is 29.1 Å². The molecule has 2 nitrogen and oxygen atoms in total. The molecule has 0 spiro atoms. The molecule has 1 aromatic carbocycles. The van der Waals surface area contributed by atoms with Gasteiger partial charge in [-0.15, -0.1) is 0 Å². The molecule has 0 radical (unpaired) electrons. The first-order chi connectivity index (χ1) is 8.70. The van der Waals surface area contributed by atoms with E-state index < -0.39 is 0 Å². The first kappa shape index (κ1) is 16.1. The van der Waals surface area contributed by atoms with Crippen LogP contribution >= 0.6 is 11.8 Å². The molecule has 0 bridgehead atoms. The highest BCUT2D eigenvalue weighted by molar-refractivity contribution is 8.00. The summed E-state index contributed by atoms with van der Waals surface area (Å²) in [5, 5.41) is 3.00. The third kappa shape index (κ3) is 5.27. The first-order valence-electron chi connectivity index (χ1n) is 6.71. The predicted molar refractivity (Wildman–Crippen MR) is 85.2 cm³/mol. The maximum atomic E-state index is 12.1. The zero-order chi connectivity index (χ0) is 14.6. The molecule has 106 valence electrons. The molecule has 19 heavy (non-hydrogen) atoms. The molecule has 0 aliphatic carbocycles. The first-order valence-corrected chi connectivity index (χ1v) is 7.69. The number of aryl methyl sites for hydroxylation is 3. The second kappa shape index (κ2) is 6.47. The van der Waals surface area contributed by atoms with Crippen molar-refractivity contribution in [2.45, 2.75) is 46.3 Å². The average molecular weight is 279 g/mol. The summed E-state index contributed by atoms with van der Waals surface area (Å²) in [5.41, 5.74) is 4.24. The number of carbonyl (C=O) groups excluding carboxylic acids is 1. The van der Waals surface area contributed by atoms with Crippen LogP contribution in [0.4, 0.5) is 0 Å². The van der Waals surface area contributed by atoms with Gasteiger partial charge in [0.05, 0.1) is 0 Å². The van der Waals surface area contributed by atoms with Crippen molar-refractivity contribution >= 4 is 17.7 Å². The molecule has 0 aliphatic heterocycles. The number of rotatable bonds is 4. The lowest BCUT2D eigenvalue weighted by Gasteiger charge is -2.17. The fraction of sp³-hybridized carbons (Fsp3) is 0.562. The number of carbonyl (C=O) groups is 1. The fourth-order valence-electron chi connectivity index (χ4n) is 1.82. The lowest BCUT2D eigenvalue weighted by Crippen LogP contribution is -2.27. The molecule has 1 amide bonds. The van der Waals surface area contributed by atoms with Crippen molar-refractivity contribution in [2.24, 2.45) is 0 Å². The van der Waals surface area contributed by atoms with Crippen LogP contribution in [0.1, 0.15) is 47.8 Å². The molecule has 1 rings (SSSR count). The molecule has 0 heterocycles. The number of hydrogen-bond acceptors (Lipinski definition) is 2. The molecular weight excluding hydrogens is 254 g/mol. The van der Waals surface area contributed by atoms with Crippen LogP contribution in [-0.2, 0) is 0 Å². The zero-order valence-electron chi connectivity index (χ0n) is 12.9. The smallest absolute Gasteiger partial charge is 0.251 e. The third-order valence-corrected chi connectivity index (χ3v) is 4.28. The second-order valence-corrected chi connectivity index (χ2v) is 7.89. The Hall–Kier alpha value is -0.960. The van der Waals surface area contributed by atoms with Gasteiger partial charge < -0.3 is 5.32 Å². The lowest BCUT2D eigenvalue weighted by atomic mass is 10.0. The van der Waals surface area contributed by atoms with E-state index in [-0.39, 0.29) is 10.7 Å². The van der Waals surface area contributed by atoms with Crippen molar-refractivity contribution < 1.29 is 4.79 Å². The highest BCUT2D eigenvalue weighted by Gasteiger charge is 2.12. The SMILES string of the molecule is Cc1cc(C)c(C(=O)NCCSC(C)(C)C)cc1C. The van der Waals surface area contributed by atoms with Crippen LogP contribution in [-0.4, -0.2) is 23.0 Å². The Morgan fingerprint density at radius 3 is 2.26 bits per heavy atom. The fourth-order valence-corrected chi connectivity index (χ4v) is 2.64. The summed E-state index contributed by atoms with van der Waals surface area (Å²) in [7, 11) is 0. The number of nitrogens with one attached hydrogen (secondary N) is 1. The number of amides is 1. The standard InChI is InChI=1S/C16H25NOS/c1-11-9-13(3)14(10-12(11)2)15(18)17-7-8-19-16(4,5)6/h9-10H,7-8H2,1-6H3,(H,17,18). The maximum absolute atomic E-state index is 12.1. The molecular formula is C16H25NOS. The molecule has 1 aromatic rings. The van der Waals surface area contributed by atoms with Crippen molar-refractivity contribution in [1.82, 2.24) is 5.32 Å². The van der Waals surface area contributed by atoms with Crippen LogP contribution in [0.5, 0.6) is 0 Å². The zero-order valence-corrected chi connectivity index (χ0v) is 13.7. The molecule has 1 N–H and O–H groups in total. The van der Waals surface area contributed by atoms with Crippen molar-refractivity contribution in [1.29, 1.82) is 0 Å². The quantitative estimate of drug-likeness (QED) is 0.848. The van der Waals surface area contributed by atoms with Gasteiger partial charge >= 0.3 is 0 Å². The minimum Gasteiger partial charge on any atom is -0.351 e. The van der Waals surface area contributed by atoms with Crippen LogP contribution in [0.15, 0.2) is 12.1 Å². The van der Waals surface area contributed by atoms with Gasteiger partial charge in [0, 0.05) is 22.6 Å². The van der Waals surface area contributed by atoms with Gasteiger partial charge in [-0.3, -0.25) is 4.79 Å². The lowest BCUT2D eigenvalue weighted by molar-refractivity contribution is 0.0955. The van der Waals surface area contributed by atoms with Crippen LogP contribution < -0.4 is 5.32 Å². The Morgan fingerprint density at radius 1 is 1.11 bits per heavy atom. The van der Waals surface area contributed by atoms with Gasteiger partial charge in [-0.05, 0) is 43.5 Å². The van der Waals surface area contributed by atoms with E-state index in [1.807, 2.05) is 31.7 Å². The highest BCUT2D eigenvalue weighted by atomic mass is 32.2. The summed E-state index contributed by atoms with van der Waals surface area (Å²) < 4.78 is 0.251. The van der Waals surface area contributed by atoms with Gasteiger partial charge in [0.1, 0.15) is 0 Å². The van der Waals surface area contributed by atoms with Gasteiger partial charge in [-0.1, -0.05) is 26.8 Å². The summed E-state index contributed by atoms with van der Waals surface area (Å²) in [6, 6.07) is 4.06. The molecule has 0 saturated carbocycles. The summed E-state index contributed by atoms with van der Waals surface area (Å²) in [4.78, 5) is 12.1. The Kier molecular flexibility index (Phi) is 5.48. The van der Waals surface area contributed by atoms with Crippen LogP contribution in [0, 0.1) is 20.8 Å². The summed E-state index contributed by atoms with van der Waals surface area (Å²) >= 11 is 1.87. The van der Waals surface area contributed by atoms with E-state index >= 15 is 0 Å². The number of thioether (sulfide) groups is 1. The van der Waals surface area contributed by atoms with E-state index in [9.17, 15) is 4.79 Å². The highest BCUT2D eigenvalue weighted by Crippen LogP contribution is 2.22. The van der Waals surface area contributed by atoms with Gasteiger partial charge in [-0.25, -0.2) is 0 Å². The van der Waals surface area contributed by atoms with Crippen molar-refractivity contribution in [2.75, 3.05) is 12.3 Å². The summed E-state index contributed by atoms with van der Waals surface area (Å²) in [6.07, 6.45) is 0. The van der Waals surface area contributed by atoms with Gasteiger partial charge in [0.15, 0.2) is 0 Å². The number of hydrogen-bond donors (Lipinski definition) is 1. The Balaban J connectivity index is 2.57. The van der Waals surface area contributed by atoms with E-state index in [2.05, 4.69) is 39.1 Å². The molecule has 0 aromatic heterocycles. The predicted octanol–water partition coefficient (Wildman–Crippen LogP) is 3.87.